The maximum absolute atomic E-state index is 12.5. The van der Waals surface area contributed by atoms with E-state index in [1.165, 1.54) is 11.5 Å². The predicted molar refractivity (Wildman–Crippen MR) is 98.7 cm³/mol. The highest BCUT2D eigenvalue weighted by atomic mass is 32.1. The van der Waals surface area contributed by atoms with Crippen LogP contribution in [0.1, 0.15) is 16.2 Å². The maximum Gasteiger partial charge on any atom is 0.255 e. The van der Waals surface area contributed by atoms with Crippen molar-refractivity contribution in [3.63, 3.8) is 0 Å². The lowest BCUT2D eigenvalue weighted by Gasteiger charge is -2.06. The van der Waals surface area contributed by atoms with Gasteiger partial charge in [0.05, 0.1) is 11.0 Å². The van der Waals surface area contributed by atoms with Crippen LogP contribution in [0.5, 0.6) is 0 Å². The van der Waals surface area contributed by atoms with Crippen molar-refractivity contribution in [2.75, 3.05) is 5.32 Å². The quantitative estimate of drug-likeness (QED) is 0.613. The first kappa shape index (κ1) is 15.5. The van der Waals surface area contributed by atoms with Crippen molar-refractivity contribution in [2.24, 2.45) is 7.05 Å². The lowest BCUT2D eigenvalue weighted by molar-refractivity contribution is 0.102. The molecule has 0 aliphatic rings. The number of aromatic nitrogens is 4. The van der Waals surface area contributed by atoms with Crippen LogP contribution in [0.25, 0.3) is 22.3 Å². The summed E-state index contributed by atoms with van der Waals surface area (Å²) in [5.74, 6) is 0.757. The first-order valence-electron chi connectivity index (χ1n) is 7.74. The molecular weight excluding hydrogens is 334 g/mol. The number of nitrogens with one attached hydrogen (secondary N) is 1. The van der Waals surface area contributed by atoms with E-state index in [9.17, 15) is 4.79 Å². The third-order valence-electron chi connectivity index (χ3n) is 4.17. The first-order valence-corrected chi connectivity index (χ1v) is 8.57. The van der Waals surface area contributed by atoms with E-state index in [0.29, 0.717) is 5.56 Å². The molecule has 124 valence electrons. The fourth-order valence-corrected chi connectivity index (χ4v) is 3.14. The molecule has 7 heteroatoms. The summed E-state index contributed by atoms with van der Waals surface area (Å²) in [6.45, 7) is 1.94. The second-order valence-electron chi connectivity index (χ2n) is 5.74. The summed E-state index contributed by atoms with van der Waals surface area (Å²) in [7, 11) is 1.96. The smallest absolute Gasteiger partial charge is 0.255 e. The Bertz CT molecular complexity index is 1050. The summed E-state index contributed by atoms with van der Waals surface area (Å²) in [4.78, 5) is 17.0. The van der Waals surface area contributed by atoms with Gasteiger partial charge in [-0.3, -0.25) is 4.79 Å². The van der Waals surface area contributed by atoms with Crippen molar-refractivity contribution in [3.8, 4) is 11.3 Å². The van der Waals surface area contributed by atoms with Gasteiger partial charge in [0.15, 0.2) is 0 Å². The molecule has 25 heavy (non-hydrogen) atoms. The van der Waals surface area contributed by atoms with Crippen LogP contribution in [0.4, 0.5) is 5.69 Å². The Labute approximate surface area is 148 Å². The van der Waals surface area contributed by atoms with Crippen LogP contribution < -0.4 is 5.32 Å². The fourth-order valence-electron chi connectivity index (χ4n) is 2.68. The van der Waals surface area contributed by atoms with Gasteiger partial charge >= 0.3 is 0 Å². The number of carbonyl (C=O) groups is 1. The van der Waals surface area contributed by atoms with Crippen molar-refractivity contribution in [2.45, 2.75) is 6.92 Å². The van der Waals surface area contributed by atoms with E-state index in [1.54, 1.807) is 0 Å². The van der Waals surface area contributed by atoms with Gasteiger partial charge < -0.3 is 9.88 Å². The monoisotopic (exact) mass is 349 g/mol. The zero-order valence-corrected chi connectivity index (χ0v) is 14.5. The highest BCUT2D eigenvalue weighted by molar-refractivity contribution is 7.03. The van der Waals surface area contributed by atoms with Gasteiger partial charge in [-0.2, -0.15) is 0 Å². The summed E-state index contributed by atoms with van der Waals surface area (Å²) < 4.78 is 5.86. The standard InChI is InChI=1S/C18H15N5OS/c1-11-19-15-9-13(5-8-17(15)23(11)2)18(24)20-14-6-3-12(4-7-14)16-10-25-22-21-16/h3-10H,1-2H3,(H,20,24). The van der Waals surface area contributed by atoms with E-state index in [4.69, 9.17) is 0 Å². The molecule has 0 saturated carbocycles. The number of benzene rings is 2. The average Bonchev–Trinajstić information content (AvgIpc) is 3.24. The molecule has 1 amide bonds. The largest absolute Gasteiger partial charge is 0.331 e. The number of imidazole rings is 1. The van der Waals surface area contributed by atoms with Crippen LogP contribution in [0.15, 0.2) is 47.8 Å². The summed E-state index contributed by atoms with van der Waals surface area (Å²) in [5.41, 5.74) is 4.94. The second-order valence-corrected chi connectivity index (χ2v) is 6.35. The molecule has 1 N–H and O–H groups in total. The predicted octanol–water partition coefficient (Wildman–Crippen LogP) is 3.65. The number of rotatable bonds is 3. The Kier molecular flexibility index (Phi) is 3.77. The average molecular weight is 349 g/mol. The van der Waals surface area contributed by atoms with Crippen molar-refractivity contribution >= 4 is 34.2 Å². The van der Waals surface area contributed by atoms with Gasteiger partial charge in [0.2, 0.25) is 0 Å². The summed E-state index contributed by atoms with van der Waals surface area (Å²) in [6, 6.07) is 13.1. The molecule has 0 aliphatic heterocycles. The molecule has 0 bridgehead atoms. The van der Waals surface area contributed by atoms with Crippen molar-refractivity contribution < 1.29 is 4.79 Å². The van der Waals surface area contributed by atoms with Gasteiger partial charge in [-0.15, -0.1) is 5.10 Å². The zero-order valence-electron chi connectivity index (χ0n) is 13.7. The molecule has 4 aromatic rings. The molecule has 2 aromatic carbocycles. The highest BCUT2D eigenvalue weighted by Crippen LogP contribution is 2.21. The molecule has 0 unspecified atom stereocenters. The lowest BCUT2D eigenvalue weighted by atomic mass is 10.1. The molecule has 0 aliphatic carbocycles. The van der Waals surface area contributed by atoms with Crippen LogP contribution in [0, 0.1) is 6.92 Å². The SMILES string of the molecule is Cc1nc2cc(C(=O)Nc3ccc(-c4csnn4)cc3)ccc2n1C. The molecule has 0 radical (unpaired) electrons. The third-order valence-corrected chi connectivity index (χ3v) is 4.67. The van der Waals surface area contributed by atoms with Crippen molar-refractivity contribution in [1.82, 2.24) is 19.1 Å². The van der Waals surface area contributed by atoms with Crippen molar-refractivity contribution in [3.05, 3.63) is 59.2 Å². The normalized spacial score (nSPS) is 11.0. The first-order chi connectivity index (χ1) is 12.1. The second kappa shape index (κ2) is 6.10. The Balaban J connectivity index is 1.55. The van der Waals surface area contributed by atoms with E-state index < -0.39 is 0 Å². The molecule has 0 atom stereocenters. The topological polar surface area (TPSA) is 72.7 Å². The van der Waals surface area contributed by atoms with Gasteiger partial charge in [-0.1, -0.05) is 16.6 Å². The van der Waals surface area contributed by atoms with Gasteiger partial charge in [0.25, 0.3) is 5.91 Å². The number of fused-ring (bicyclic) bond motifs is 1. The lowest BCUT2D eigenvalue weighted by Crippen LogP contribution is -2.11. The van der Waals surface area contributed by atoms with E-state index in [-0.39, 0.29) is 5.91 Å². The third kappa shape index (κ3) is 2.89. The number of carbonyl (C=O) groups excluding carboxylic acids is 1. The number of hydrogen-bond donors (Lipinski definition) is 1. The summed E-state index contributed by atoms with van der Waals surface area (Å²) >= 11 is 1.31. The van der Waals surface area contributed by atoms with Gasteiger partial charge in [-0.05, 0) is 48.8 Å². The number of amides is 1. The Hall–Kier alpha value is -3.06. The molecule has 0 saturated heterocycles. The number of anilines is 1. The molecule has 2 aromatic heterocycles. The molecule has 0 fully saturated rings. The minimum Gasteiger partial charge on any atom is -0.331 e. The maximum atomic E-state index is 12.5. The summed E-state index contributed by atoms with van der Waals surface area (Å²) in [6.07, 6.45) is 0. The highest BCUT2D eigenvalue weighted by Gasteiger charge is 2.10. The van der Waals surface area contributed by atoms with Gasteiger partial charge in [0, 0.05) is 29.2 Å². The van der Waals surface area contributed by atoms with Crippen LogP contribution in [0.2, 0.25) is 0 Å². The minimum absolute atomic E-state index is 0.159. The Morgan fingerprint density at radius 3 is 2.68 bits per heavy atom. The minimum atomic E-state index is -0.159. The number of hydrogen-bond acceptors (Lipinski definition) is 5. The molecule has 0 spiro atoms. The Morgan fingerprint density at radius 2 is 1.96 bits per heavy atom. The zero-order chi connectivity index (χ0) is 17.4. The van der Waals surface area contributed by atoms with E-state index in [2.05, 4.69) is 19.9 Å². The van der Waals surface area contributed by atoms with E-state index >= 15 is 0 Å². The van der Waals surface area contributed by atoms with Crippen LogP contribution in [0.3, 0.4) is 0 Å². The van der Waals surface area contributed by atoms with Crippen LogP contribution >= 0.6 is 11.5 Å². The summed E-state index contributed by atoms with van der Waals surface area (Å²) in [5, 5.41) is 8.83. The van der Waals surface area contributed by atoms with Crippen LogP contribution in [-0.2, 0) is 7.05 Å². The molecule has 4 rings (SSSR count). The number of nitrogens with zero attached hydrogens (tertiary/aromatic N) is 4. The molecule has 6 nitrogen and oxygen atoms in total. The van der Waals surface area contributed by atoms with Gasteiger partial charge in [0.1, 0.15) is 11.5 Å². The molecule has 2 heterocycles. The number of aryl methyl sites for hydroxylation is 2. The molecular formula is C18H15N5OS. The Morgan fingerprint density at radius 1 is 1.16 bits per heavy atom. The van der Waals surface area contributed by atoms with E-state index in [0.717, 1.165) is 33.8 Å². The van der Waals surface area contributed by atoms with Crippen LogP contribution in [-0.4, -0.2) is 25.0 Å². The van der Waals surface area contributed by atoms with E-state index in [1.807, 2.05) is 66.4 Å². The fraction of sp³-hybridized carbons (Fsp3) is 0.111. The van der Waals surface area contributed by atoms with Crippen molar-refractivity contribution in [1.29, 1.82) is 0 Å². The van der Waals surface area contributed by atoms with Gasteiger partial charge in [-0.25, -0.2) is 4.98 Å².